The number of amides is 1. The summed E-state index contributed by atoms with van der Waals surface area (Å²) in [6, 6.07) is 32.9. The summed E-state index contributed by atoms with van der Waals surface area (Å²) in [6.45, 7) is 3.76. The molecule has 11 nitrogen and oxygen atoms in total. The van der Waals surface area contributed by atoms with Gasteiger partial charge in [-0.15, -0.1) is 0 Å². The first-order chi connectivity index (χ1) is 31.0. The third-order valence-corrected chi connectivity index (χ3v) is 9.31. The molecule has 0 saturated heterocycles. The lowest BCUT2D eigenvalue weighted by Gasteiger charge is -2.14. The molecule has 332 valence electrons. The number of halogens is 6. The van der Waals surface area contributed by atoms with Crippen molar-refractivity contribution in [2.75, 3.05) is 0 Å². The van der Waals surface area contributed by atoms with E-state index in [4.69, 9.17) is 20.3 Å². The van der Waals surface area contributed by atoms with Gasteiger partial charge in [0.25, 0.3) is 5.91 Å². The van der Waals surface area contributed by atoms with Crippen LogP contribution >= 0.6 is 0 Å². The van der Waals surface area contributed by atoms with E-state index in [1.54, 1.807) is 60.9 Å². The monoisotopic (exact) mass is 892 g/mol. The van der Waals surface area contributed by atoms with E-state index in [-0.39, 0.29) is 35.1 Å². The third kappa shape index (κ3) is 12.6. The number of aromatic nitrogens is 4. The van der Waals surface area contributed by atoms with E-state index in [1.165, 1.54) is 42.7 Å². The number of pyridine rings is 4. The van der Waals surface area contributed by atoms with Gasteiger partial charge in [0.1, 0.15) is 22.5 Å². The van der Waals surface area contributed by atoms with Crippen LogP contribution in [0.2, 0.25) is 0 Å². The van der Waals surface area contributed by atoms with E-state index < -0.39 is 29.4 Å². The van der Waals surface area contributed by atoms with Crippen LogP contribution in [0.15, 0.2) is 158 Å². The smallest absolute Gasteiger partial charge is 0.416 e. The maximum atomic E-state index is 12.7. The number of aromatic carboxylic acids is 1. The Kier molecular flexibility index (Phi) is 14.7. The number of carboxylic acids is 1. The Morgan fingerprint density at radius 2 is 1.03 bits per heavy atom. The van der Waals surface area contributed by atoms with Crippen LogP contribution in [-0.4, -0.2) is 36.9 Å². The van der Waals surface area contributed by atoms with Gasteiger partial charge in [-0.1, -0.05) is 36.4 Å². The van der Waals surface area contributed by atoms with Gasteiger partial charge >= 0.3 is 18.3 Å². The fraction of sp³-hybridized carbons (Fsp3) is 0.125. The SMILES string of the molecule is C[C@@H](N)c1ccccn1.C[C@@H](NC(=O)c1cnc2c(Oc3ccc(C(F)(F)F)cc3)cccc2c1)c1ccccn1.O=C(O)c1cnc2c(Oc3ccc(C(F)(F)F)cc3)cccc2c1. The molecule has 0 unspecified atom stereocenters. The molecule has 4 heterocycles. The second-order valence-electron chi connectivity index (χ2n) is 14.2. The van der Waals surface area contributed by atoms with Gasteiger partial charge in [-0.2, -0.15) is 26.3 Å². The summed E-state index contributed by atoms with van der Waals surface area (Å²) in [5.41, 5.74) is 7.02. The van der Waals surface area contributed by atoms with Crippen molar-refractivity contribution in [2.45, 2.75) is 38.3 Å². The summed E-state index contributed by atoms with van der Waals surface area (Å²) >= 11 is 0. The second-order valence-corrected chi connectivity index (χ2v) is 14.2. The molecule has 0 aliphatic heterocycles. The Balaban J connectivity index is 0.000000186. The lowest BCUT2D eigenvalue weighted by atomic mass is 10.1. The molecule has 2 atom stereocenters. The summed E-state index contributed by atoms with van der Waals surface area (Å²) < 4.78 is 87.2. The van der Waals surface area contributed by atoms with Crippen LogP contribution < -0.4 is 20.5 Å². The number of nitrogens with two attached hydrogens (primary N) is 1. The van der Waals surface area contributed by atoms with Gasteiger partial charge < -0.3 is 25.6 Å². The fourth-order valence-corrected chi connectivity index (χ4v) is 5.98. The molecule has 4 aromatic carbocycles. The quantitative estimate of drug-likeness (QED) is 0.119. The largest absolute Gasteiger partial charge is 0.478 e. The van der Waals surface area contributed by atoms with Crippen molar-refractivity contribution in [1.82, 2.24) is 25.3 Å². The number of ether oxygens (including phenoxy) is 2. The number of carbonyl (C=O) groups excluding carboxylic acids is 1. The van der Waals surface area contributed by atoms with Crippen LogP contribution in [-0.2, 0) is 12.4 Å². The number of para-hydroxylation sites is 2. The molecule has 0 fully saturated rings. The zero-order chi connectivity index (χ0) is 46.7. The molecular formula is C48H38F6N6O5. The van der Waals surface area contributed by atoms with Crippen molar-refractivity contribution in [3.63, 3.8) is 0 Å². The van der Waals surface area contributed by atoms with E-state index in [0.717, 1.165) is 35.7 Å². The number of alkyl halides is 6. The number of nitrogens with zero attached hydrogens (tertiary/aromatic N) is 4. The predicted octanol–water partition coefficient (Wildman–Crippen LogP) is 11.8. The highest BCUT2D eigenvalue weighted by Gasteiger charge is 2.31. The molecule has 1 amide bonds. The van der Waals surface area contributed by atoms with Gasteiger partial charge in [-0.05, 0) is 111 Å². The summed E-state index contributed by atoms with van der Waals surface area (Å²) in [7, 11) is 0. The minimum atomic E-state index is -4.41. The van der Waals surface area contributed by atoms with Crippen molar-refractivity contribution >= 4 is 33.7 Å². The first kappa shape index (κ1) is 46.6. The van der Waals surface area contributed by atoms with Crippen LogP contribution in [0.3, 0.4) is 0 Å². The predicted molar refractivity (Wildman–Crippen MR) is 230 cm³/mol. The number of carbonyl (C=O) groups is 2. The molecular weight excluding hydrogens is 855 g/mol. The molecule has 0 radical (unpaired) electrons. The summed E-state index contributed by atoms with van der Waals surface area (Å²) in [5.74, 6) is -0.233. The Morgan fingerprint density at radius 3 is 1.43 bits per heavy atom. The minimum Gasteiger partial charge on any atom is -0.478 e. The number of benzene rings is 4. The first-order valence-electron chi connectivity index (χ1n) is 19.6. The van der Waals surface area contributed by atoms with Crippen LogP contribution in [0.4, 0.5) is 26.3 Å². The van der Waals surface area contributed by atoms with E-state index >= 15 is 0 Å². The number of carboxylic acid groups (broad SMARTS) is 1. The molecule has 0 aliphatic carbocycles. The van der Waals surface area contributed by atoms with Crippen molar-refractivity contribution < 1.29 is 50.5 Å². The summed E-state index contributed by atoms with van der Waals surface area (Å²) in [4.78, 5) is 40.3. The molecule has 17 heteroatoms. The van der Waals surface area contributed by atoms with E-state index in [9.17, 15) is 35.9 Å². The summed E-state index contributed by atoms with van der Waals surface area (Å²) in [6.07, 6.45) is -2.78. The summed E-state index contributed by atoms with van der Waals surface area (Å²) in [5, 5.41) is 13.1. The van der Waals surface area contributed by atoms with Crippen molar-refractivity contribution in [2.24, 2.45) is 5.73 Å². The van der Waals surface area contributed by atoms with Gasteiger partial charge in [0.15, 0.2) is 11.5 Å². The topological polar surface area (TPSA) is 162 Å². The fourth-order valence-electron chi connectivity index (χ4n) is 5.98. The van der Waals surface area contributed by atoms with Crippen molar-refractivity contribution in [3.05, 3.63) is 192 Å². The van der Waals surface area contributed by atoms with Crippen LogP contribution in [0.25, 0.3) is 21.8 Å². The Labute approximate surface area is 367 Å². The van der Waals surface area contributed by atoms with Gasteiger partial charge in [0.2, 0.25) is 0 Å². The van der Waals surface area contributed by atoms with Crippen LogP contribution in [0, 0.1) is 0 Å². The maximum Gasteiger partial charge on any atom is 0.416 e. The number of nitrogens with one attached hydrogen (secondary N) is 1. The lowest BCUT2D eigenvalue weighted by molar-refractivity contribution is -0.138. The highest BCUT2D eigenvalue weighted by molar-refractivity contribution is 5.98. The number of hydrogen-bond acceptors (Lipinski definition) is 9. The molecule has 8 rings (SSSR count). The van der Waals surface area contributed by atoms with Gasteiger partial charge in [-0.3, -0.25) is 24.7 Å². The van der Waals surface area contributed by atoms with E-state index in [0.29, 0.717) is 38.9 Å². The van der Waals surface area contributed by atoms with E-state index in [1.807, 2.05) is 44.2 Å². The highest BCUT2D eigenvalue weighted by Crippen LogP contribution is 2.35. The molecule has 0 saturated carbocycles. The molecule has 8 aromatic rings. The second kappa shape index (κ2) is 20.5. The molecule has 0 spiro atoms. The first-order valence-corrected chi connectivity index (χ1v) is 19.6. The Morgan fingerprint density at radius 1 is 0.585 bits per heavy atom. The van der Waals surface area contributed by atoms with Crippen molar-refractivity contribution in [1.29, 1.82) is 0 Å². The zero-order valence-electron chi connectivity index (χ0n) is 34.4. The number of rotatable bonds is 9. The Hall–Kier alpha value is -7.92. The lowest BCUT2D eigenvalue weighted by Crippen LogP contribution is -2.27. The minimum absolute atomic E-state index is 0.0363. The van der Waals surface area contributed by atoms with Gasteiger partial charge in [0, 0.05) is 41.6 Å². The average molecular weight is 893 g/mol. The van der Waals surface area contributed by atoms with E-state index in [2.05, 4.69) is 25.3 Å². The molecule has 4 aromatic heterocycles. The number of hydrogen-bond donors (Lipinski definition) is 3. The van der Waals surface area contributed by atoms with Crippen molar-refractivity contribution in [3.8, 4) is 23.0 Å². The third-order valence-electron chi connectivity index (χ3n) is 9.31. The van der Waals surface area contributed by atoms with Gasteiger partial charge in [0.05, 0.1) is 39.7 Å². The average Bonchev–Trinajstić information content (AvgIpc) is 3.29. The highest BCUT2D eigenvalue weighted by atomic mass is 19.4. The Bertz CT molecular complexity index is 2870. The molecule has 0 bridgehead atoms. The standard InChI is InChI=1S/C24H18F3N3O2.C17H10F3NO3.C7H10N2/c1-15(20-6-2-3-12-28-20)30-23(31)17-13-16-5-4-7-21(22(16)29-14-17)32-19-10-8-18(9-11-19)24(25,26)27;18-17(19,20)12-4-6-13(7-5-12)24-14-3-1-2-10-8-11(16(22)23)9-21-15(10)14;1-6(8)7-4-2-3-5-9-7/h2-15H,1H3,(H,30,31);1-9H,(H,22,23);2-6H,8H2,1H3/t15-;;6-/m1.1/s1. The zero-order valence-corrected chi connectivity index (χ0v) is 34.4. The molecule has 0 aliphatic rings. The van der Waals surface area contributed by atoms with Gasteiger partial charge in [-0.25, -0.2) is 4.79 Å². The maximum absolute atomic E-state index is 12.7. The van der Waals surface area contributed by atoms with Crippen LogP contribution in [0.1, 0.15) is 69.2 Å². The number of fused-ring (bicyclic) bond motifs is 2. The molecule has 4 N–H and O–H groups in total. The molecule has 65 heavy (non-hydrogen) atoms. The van der Waals surface area contributed by atoms with Crippen LogP contribution in [0.5, 0.6) is 23.0 Å². The normalized spacial score (nSPS) is 12.1.